The van der Waals surface area contributed by atoms with Gasteiger partial charge in [-0.2, -0.15) is 0 Å². The van der Waals surface area contributed by atoms with Gasteiger partial charge in [-0.15, -0.1) is 0 Å². The smallest absolute Gasteiger partial charge is 0.320 e. The van der Waals surface area contributed by atoms with Crippen LogP contribution in [0.5, 0.6) is 0 Å². The van der Waals surface area contributed by atoms with Crippen molar-refractivity contribution in [1.82, 2.24) is 0 Å². The molecule has 1 aromatic rings. The van der Waals surface area contributed by atoms with Gasteiger partial charge in [0.15, 0.2) is 0 Å². The summed E-state index contributed by atoms with van der Waals surface area (Å²) in [7, 11) is 0. The number of hydrogen-bond donors (Lipinski definition) is 2. The van der Waals surface area contributed by atoms with E-state index in [-0.39, 0.29) is 0 Å². The van der Waals surface area contributed by atoms with Gasteiger partial charge in [0.05, 0.1) is 0 Å². The van der Waals surface area contributed by atoms with Crippen LogP contribution in [-0.4, -0.2) is 17.1 Å². The van der Waals surface area contributed by atoms with E-state index in [0.29, 0.717) is 6.42 Å². The summed E-state index contributed by atoms with van der Waals surface area (Å²) in [6, 6.07) is 3.20. The number of carboxylic acids is 1. The van der Waals surface area contributed by atoms with Crippen LogP contribution in [0.4, 0.5) is 0 Å². The molecule has 3 N–H and O–H groups in total. The van der Waals surface area contributed by atoms with Crippen LogP contribution in [0.25, 0.3) is 0 Å². The topological polar surface area (TPSA) is 63.3 Å². The van der Waals surface area contributed by atoms with Gasteiger partial charge in [0.2, 0.25) is 0 Å². The molecule has 0 unspecified atom stereocenters. The maximum atomic E-state index is 10.6. The molecule has 3 heteroatoms. The van der Waals surface area contributed by atoms with Gasteiger partial charge >= 0.3 is 5.97 Å². The Morgan fingerprint density at radius 3 is 2.20 bits per heavy atom. The van der Waals surface area contributed by atoms with Gasteiger partial charge < -0.3 is 10.8 Å². The number of carboxylic acid groups (broad SMARTS) is 1. The van der Waals surface area contributed by atoms with Crippen molar-refractivity contribution >= 4 is 5.97 Å². The van der Waals surface area contributed by atoms with Gasteiger partial charge in [-0.05, 0) is 49.4 Å². The Kier molecular flexibility index (Phi) is 3.48. The summed E-state index contributed by atoms with van der Waals surface area (Å²) >= 11 is 0. The summed E-state index contributed by atoms with van der Waals surface area (Å²) in [6.45, 7) is 6.11. The van der Waals surface area contributed by atoms with Crippen molar-refractivity contribution in [3.05, 3.63) is 34.4 Å². The predicted molar refractivity (Wildman–Crippen MR) is 60.0 cm³/mol. The molecule has 0 aliphatic heterocycles. The third-order valence-corrected chi connectivity index (χ3v) is 2.76. The third kappa shape index (κ3) is 2.80. The van der Waals surface area contributed by atoms with Crippen LogP contribution in [0.15, 0.2) is 12.1 Å². The molecular weight excluding hydrogens is 190 g/mol. The van der Waals surface area contributed by atoms with E-state index in [1.165, 1.54) is 16.7 Å². The number of aliphatic carboxylic acids is 1. The molecule has 3 nitrogen and oxygen atoms in total. The van der Waals surface area contributed by atoms with Crippen molar-refractivity contribution in [1.29, 1.82) is 0 Å². The highest BCUT2D eigenvalue weighted by atomic mass is 16.4. The molecule has 15 heavy (non-hydrogen) atoms. The van der Waals surface area contributed by atoms with E-state index in [1.807, 2.05) is 26.0 Å². The molecule has 0 saturated heterocycles. The van der Waals surface area contributed by atoms with E-state index in [4.69, 9.17) is 10.8 Å². The molecular formula is C12H17NO2. The Morgan fingerprint density at radius 1 is 1.33 bits per heavy atom. The second-order valence-corrected chi connectivity index (χ2v) is 4.00. The lowest BCUT2D eigenvalue weighted by Gasteiger charge is -2.11. The van der Waals surface area contributed by atoms with Gasteiger partial charge in [0.1, 0.15) is 6.04 Å². The van der Waals surface area contributed by atoms with Crippen LogP contribution >= 0.6 is 0 Å². The van der Waals surface area contributed by atoms with Gasteiger partial charge in [0.25, 0.3) is 0 Å². The molecule has 0 saturated carbocycles. The number of aryl methyl sites for hydroxylation is 2. The van der Waals surface area contributed by atoms with Crippen molar-refractivity contribution in [3.63, 3.8) is 0 Å². The van der Waals surface area contributed by atoms with Crippen LogP contribution in [-0.2, 0) is 11.2 Å². The molecule has 0 radical (unpaired) electrons. The van der Waals surface area contributed by atoms with Crippen LogP contribution in [0.2, 0.25) is 0 Å². The molecule has 0 aliphatic rings. The fourth-order valence-corrected chi connectivity index (χ4v) is 1.58. The minimum absolute atomic E-state index is 0.386. The summed E-state index contributed by atoms with van der Waals surface area (Å²) in [5.74, 6) is -0.953. The molecule has 0 bridgehead atoms. The summed E-state index contributed by atoms with van der Waals surface area (Å²) < 4.78 is 0. The number of carbonyl (C=O) groups is 1. The van der Waals surface area contributed by atoms with E-state index >= 15 is 0 Å². The first-order valence-electron chi connectivity index (χ1n) is 4.97. The summed E-state index contributed by atoms with van der Waals surface area (Å²) in [5.41, 5.74) is 10.1. The molecule has 0 spiro atoms. The van der Waals surface area contributed by atoms with Crippen LogP contribution < -0.4 is 5.73 Å². The van der Waals surface area contributed by atoms with Gasteiger partial charge in [-0.25, -0.2) is 0 Å². The fourth-order valence-electron chi connectivity index (χ4n) is 1.58. The van der Waals surface area contributed by atoms with Gasteiger partial charge in [-0.3, -0.25) is 4.79 Å². The molecule has 0 aliphatic carbocycles. The molecule has 1 atom stereocenters. The number of rotatable bonds is 3. The van der Waals surface area contributed by atoms with E-state index in [9.17, 15) is 4.79 Å². The molecule has 0 aromatic heterocycles. The predicted octanol–water partition coefficient (Wildman–Crippen LogP) is 1.57. The number of nitrogens with two attached hydrogens (primary N) is 1. The zero-order valence-corrected chi connectivity index (χ0v) is 9.37. The first-order chi connectivity index (χ1) is 6.91. The van der Waals surface area contributed by atoms with Crippen molar-refractivity contribution in [3.8, 4) is 0 Å². The Morgan fingerprint density at radius 2 is 1.80 bits per heavy atom. The quantitative estimate of drug-likeness (QED) is 0.790. The highest BCUT2D eigenvalue weighted by Crippen LogP contribution is 2.16. The first kappa shape index (κ1) is 11.7. The standard InChI is InChI=1S/C12H17NO2/c1-7-4-10(5-8(2)9(7)3)6-11(13)12(14)15/h4-5,11H,6,13H2,1-3H3,(H,14,15)/t11-/m0/s1. The lowest BCUT2D eigenvalue weighted by molar-refractivity contribution is -0.138. The zero-order valence-electron chi connectivity index (χ0n) is 9.37. The second kappa shape index (κ2) is 4.45. The Balaban J connectivity index is 2.92. The van der Waals surface area contributed by atoms with Gasteiger partial charge in [-0.1, -0.05) is 12.1 Å². The lowest BCUT2D eigenvalue weighted by atomic mass is 9.97. The average molecular weight is 207 g/mol. The van der Waals surface area contributed by atoms with E-state index < -0.39 is 12.0 Å². The van der Waals surface area contributed by atoms with Crippen LogP contribution in [0, 0.1) is 20.8 Å². The summed E-state index contributed by atoms with van der Waals surface area (Å²) in [6.07, 6.45) is 0.386. The SMILES string of the molecule is Cc1cc(C[C@H](N)C(=O)O)cc(C)c1C. The number of hydrogen-bond acceptors (Lipinski definition) is 2. The van der Waals surface area contributed by atoms with E-state index in [0.717, 1.165) is 5.56 Å². The van der Waals surface area contributed by atoms with Crippen molar-refractivity contribution in [2.24, 2.45) is 5.73 Å². The summed E-state index contributed by atoms with van der Waals surface area (Å²) in [4.78, 5) is 10.6. The van der Waals surface area contributed by atoms with Crippen molar-refractivity contribution in [2.45, 2.75) is 33.2 Å². The highest BCUT2D eigenvalue weighted by molar-refractivity contribution is 5.73. The second-order valence-electron chi connectivity index (χ2n) is 4.00. The maximum Gasteiger partial charge on any atom is 0.320 e. The van der Waals surface area contributed by atoms with E-state index in [1.54, 1.807) is 0 Å². The minimum atomic E-state index is -0.953. The Labute approximate surface area is 89.9 Å². The Hall–Kier alpha value is -1.35. The monoisotopic (exact) mass is 207 g/mol. The van der Waals surface area contributed by atoms with Crippen LogP contribution in [0.3, 0.4) is 0 Å². The van der Waals surface area contributed by atoms with Crippen molar-refractivity contribution in [2.75, 3.05) is 0 Å². The molecule has 0 fully saturated rings. The van der Waals surface area contributed by atoms with E-state index in [2.05, 4.69) is 6.92 Å². The third-order valence-electron chi connectivity index (χ3n) is 2.76. The first-order valence-corrected chi connectivity index (χ1v) is 4.97. The van der Waals surface area contributed by atoms with Crippen molar-refractivity contribution < 1.29 is 9.90 Å². The van der Waals surface area contributed by atoms with Gasteiger partial charge in [0, 0.05) is 0 Å². The molecule has 82 valence electrons. The maximum absolute atomic E-state index is 10.6. The highest BCUT2D eigenvalue weighted by Gasteiger charge is 2.12. The molecule has 1 rings (SSSR count). The Bertz CT molecular complexity index is 362. The molecule has 1 aromatic carbocycles. The largest absolute Gasteiger partial charge is 0.480 e. The fraction of sp³-hybridized carbons (Fsp3) is 0.417. The molecule has 0 heterocycles. The number of benzene rings is 1. The zero-order chi connectivity index (χ0) is 11.6. The molecule has 0 amide bonds. The summed E-state index contributed by atoms with van der Waals surface area (Å²) in [5, 5.41) is 8.71. The average Bonchev–Trinajstić information content (AvgIpc) is 2.13. The van der Waals surface area contributed by atoms with Crippen LogP contribution in [0.1, 0.15) is 22.3 Å². The normalized spacial score (nSPS) is 12.5. The lowest BCUT2D eigenvalue weighted by Crippen LogP contribution is -2.32. The minimum Gasteiger partial charge on any atom is -0.480 e.